The summed E-state index contributed by atoms with van der Waals surface area (Å²) in [5, 5.41) is 4.45. The zero-order valence-corrected chi connectivity index (χ0v) is 16.2. The van der Waals surface area contributed by atoms with E-state index in [1.165, 1.54) is 0 Å². The molecule has 7 nitrogen and oxygen atoms in total. The number of morpholine rings is 1. The molecule has 0 radical (unpaired) electrons. The Morgan fingerprint density at radius 3 is 2.97 bits per heavy atom. The predicted octanol–water partition coefficient (Wildman–Crippen LogP) is 3.23. The van der Waals surface area contributed by atoms with Gasteiger partial charge < -0.3 is 9.47 Å². The molecule has 5 rings (SSSR count). The number of carbonyl (C=O) groups is 1. The van der Waals surface area contributed by atoms with Crippen LogP contribution in [-0.4, -0.2) is 50.9 Å². The van der Waals surface area contributed by atoms with Gasteiger partial charge in [-0.3, -0.25) is 4.90 Å². The second kappa shape index (κ2) is 7.33. The highest BCUT2D eigenvalue weighted by Gasteiger charge is 2.39. The second-order valence-electron chi connectivity index (χ2n) is 7.53. The molecule has 0 saturated carbocycles. The fourth-order valence-electron chi connectivity index (χ4n) is 4.05. The number of carbonyl (C=O) groups excluding carboxylic acids is 1. The van der Waals surface area contributed by atoms with E-state index in [-0.39, 0.29) is 24.8 Å². The van der Waals surface area contributed by atoms with E-state index >= 15 is 0 Å². The molecule has 2 aromatic heterocycles. The van der Waals surface area contributed by atoms with Crippen molar-refractivity contribution < 1.29 is 14.3 Å². The molecule has 1 saturated heterocycles. The summed E-state index contributed by atoms with van der Waals surface area (Å²) >= 11 is 0. The zero-order chi connectivity index (χ0) is 19.8. The maximum atomic E-state index is 12.8. The van der Waals surface area contributed by atoms with Crippen LogP contribution in [0.3, 0.4) is 0 Å². The van der Waals surface area contributed by atoms with Crippen molar-refractivity contribution >= 4 is 17.3 Å². The van der Waals surface area contributed by atoms with E-state index in [0.717, 1.165) is 28.0 Å². The molecule has 0 spiro atoms. The average Bonchev–Trinajstić information content (AvgIpc) is 3.11. The standard InChI is InChI=1S/C22H22N4O3/c1-15-7-21-23-10-18(11-25(21)24-15)17-8-19-13-28-14-20(9-17)26(19)22(27)29-12-16-5-3-2-4-6-16/h2-8,10-11,19-20H,9,12-14H2,1H3. The number of amides is 1. The van der Waals surface area contributed by atoms with Crippen molar-refractivity contribution in [1.82, 2.24) is 19.5 Å². The van der Waals surface area contributed by atoms with E-state index < -0.39 is 0 Å². The van der Waals surface area contributed by atoms with Gasteiger partial charge in [-0.25, -0.2) is 14.3 Å². The summed E-state index contributed by atoms with van der Waals surface area (Å²) in [6.45, 7) is 3.20. The van der Waals surface area contributed by atoms with Crippen LogP contribution >= 0.6 is 0 Å². The van der Waals surface area contributed by atoms with Crippen LogP contribution in [0.25, 0.3) is 11.2 Å². The molecule has 1 amide bonds. The van der Waals surface area contributed by atoms with Crippen molar-refractivity contribution in [2.75, 3.05) is 13.2 Å². The molecular formula is C22H22N4O3. The summed E-state index contributed by atoms with van der Waals surface area (Å²) < 4.78 is 13.1. The molecule has 3 aromatic rings. The van der Waals surface area contributed by atoms with Crippen LogP contribution in [0.4, 0.5) is 4.79 Å². The molecule has 2 aliphatic heterocycles. The highest BCUT2D eigenvalue weighted by Crippen LogP contribution is 2.33. The Morgan fingerprint density at radius 2 is 2.14 bits per heavy atom. The van der Waals surface area contributed by atoms with E-state index in [1.807, 2.05) is 60.6 Å². The van der Waals surface area contributed by atoms with Crippen molar-refractivity contribution in [3.63, 3.8) is 0 Å². The highest BCUT2D eigenvalue weighted by atomic mass is 16.6. The molecule has 1 aromatic carbocycles. The van der Waals surface area contributed by atoms with E-state index in [9.17, 15) is 4.79 Å². The van der Waals surface area contributed by atoms with Gasteiger partial charge in [0.05, 0.1) is 31.0 Å². The number of aryl methyl sites for hydroxylation is 1. The molecule has 2 aliphatic rings. The Balaban J connectivity index is 1.36. The molecule has 0 N–H and O–H groups in total. The third-order valence-corrected chi connectivity index (χ3v) is 5.42. The summed E-state index contributed by atoms with van der Waals surface area (Å²) in [5.74, 6) is 0. The van der Waals surface area contributed by atoms with Crippen LogP contribution in [0, 0.1) is 6.92 Å². The second-order valence-corrected chi connectivity index (χ2v) is 7.53. The molecule has 29 heavy (non-hydrogen) atoms. The van der Waals surface area contributed by atoms with Crippen LogP contribution in [0.5, 0.6) is 0 Å². The van der Waals surface area contributed by atoms with Crippen molar-refractivity contribution in [3.8, 4) is 0 Å². The summed E-state index contributed by atoms with van der Waals surface area (Å²) in [6.07, 6.45) is 6.38. The topological polar surface area (TPSA) is 69.0 Å². The summed E-state index contributed by atoms with van der Waals surface area (Å²) in [7, 11) is 0. The van der Waals surface area contributed by atoms with Crippen LogP contribution in [-0.2, 0) is 16.1 Å². The van der Waals surface area contributed by atoms with Crippen molar-refractivity contribution in [1.29, 1.82) is 0 Å². The van der Waals surface area contributed by atoms with Gasteiger partial charge >= 0.3 is 6.09 Å². The number of hydrogen-bond donors (Lipinski definition) is 0. The van der Waals surface area contributed by atoms with Crippen LogP contribution in [0.2, 0.25) is 0 Å². The van der Waals surface area contributed by atoms with E-state index in [4.69, 9.17) is 9.47 Å². The van der Waals surface area contributed by atoms with Gasteiger partial charge in [-0.1, -0.05) is 36.4 Å². The molecule has 1 fully saturated rings. The van der Waals surface area contributed by atoms with Gasteiger partial charge in [0, 0.05) is 24.0 Å². The number of fused-ring (bicyclic) bond motifs is 3. The number of rotatable bonds is 3. The van der Waals surface area contributed by atoms with Crippen LogP contribution < -0.4 is 0 Å². The quantitative estimate of drug-likeness (QED) is 0.687. The van der Waals surface area contributed by atoms with Crippen molar-refractivity contribution in [2.45, 2.75) is 32.0 Å². The van der Waals surface area contributed by atoms with Gasteiger partial charge in [0.15, 0.2) is 5.65 Å². The molecule has 0 aliphatic carbocycles. The molecular weight excluding hydrogens is 368 g/mol. The normalized spacial score (nSPS) is 21.1. The Kier molecular flexibility index (Phi) is 4.52. The van der Waals surface area contributed by atoms with Gasteiger partial charge in [0.1, 0.15) is 6.61 Å². The number of benzene rings is 1. The summed E-state index contributed by atoms with van der Waals surface area (Å²) in [6, 6.07) is 11.5. The molecule has 2 atom stereocenters. The van der Waals surface area contributed by atoms with Gasteiger partial charge in [0.2, 0.25) is 0 Å². The number of aromatic nitrogens is 3. The summed E-state index contributed by atoms with van der Waals surface area (Å²) in [5.41, 5.74) is 4.93. The van der Waals surface area contributed by atoms with E-state index in [0.29, 0.717) is 19.6 Å². The fourth-order valence-corrected chi connectivity index (χ4v) is 4.05. The maximum Gasteiger partial charge on any atom is 0.411 e. The lowest BCUT2D eigenvalue weighted by Gasteiger charge is -2.43. The van der Waals surface area contributed by atoms with Crippen LogP contribution in [0.15, 0.2) is 54.9 Å². The molecule has 4 heterocycles. The lowest BCUT2D eigenvalue weighted by atomic mass is 9.91. The summed E-state index contributed by atoms with van der Waals surface area (Å²) in [4.78, 5) is 19.1. The van der Waals surface area contributed by atoms with Gasteiger partial charge in [-0.15, -0.1) is 0 Å². The third-order valence-electron chi connectivity index (χ3n) is 5.42. The monoisotopic (exact) mass is 390 g/mol. The minimum Gasteiger partial charge on any atom is -0.445 e. The first-order valence-electron chi connectivity index (χ1n) is 9.77. The Labute approximate surface area is 168 Å². The van der Waals surface area contributed by atoms with E-state index in [1.54, 1.807) is 4.52 Å². The number of ether oxygens (including phenoxy) is 2. The van der Waals surface area contributed by atoms with Crippen LogP contribution in [0.1, 0.15) is 23.2 Å². The first-order valence-corrected chi connectivity index (χ1v) is 9.77. The molecule has 7 heteroatoms. The smallest absolute Gasteiger partial charge is 0.411 e. The maximum absolute atomic E-state index is 12.8. The minimum atomic E-state index is -0.293. The lowest BCUT2D eigenvalue weighted by Crippen LogP contribution is -2.56. The van der Waals surface area contributed by atoms with Gasteiger partial charge in [-0.05, 0) is 24.5 Å². The largest absolute Gasteiger partial charge is 0.445 e. The van der Waals surface area contributed by atoms with Crippen molar-refractivity contribution in [3.05, 3.63) is 71.7 Å². The Bertz CT molecular complexity index is 1080. The van der Waals surface area contributed by atoms with Gasteiger partial charge in [0.25, 0.3) is 0 Å². The Hall–Kier alpha value is -3.19. The number of hydrogen-bond acceptors (Lipinski definition) is 5. The minimum absolute atomic E-state index is 0.0490. The lowest BCUT2D eigenvalue weighted by molar-refractivity contribution is -0.0342. The highest BCUT2D eigenvalue weighted by molar-refractivity contribution is 5.74. The third kappa shape index (κ3) is 3.49. The SMILES string of the molecule is Cc1cc2ncc(C3=CC4COCC(C3)N4C(=O)OCc3ccccc3)cn2n1. The molecule has 2 bridgehead atoms. The predicted molar refractivity (Wildman–Crippen MR) is 107 cm³/mol. The van der Waals surface area contributed by atoms with Gasteiger partial charge in [-0.2, -0.15) is 5.10 Å². The van der Waals surface area contributed by atoms with Crippen molar-refractivity contribution in [2.24, 2.45) is 0 Å². The number of nitrogens with zero attached hydrogens (tertiary/aromatic N) is 4. The first kappa shape index (κ1) is 17.9. The molecule has 148 valence electrons. The van der Waals surface area contributed by atoms with E-state index in [2.05, 4.69) is 16.2 Å². The Morgan fingerprint density at radius 1 is 1.28 bits per heavy atom. The zero-order valence-electron chi connectivity index (χ0n) is 16.2. The average molecular weight is 390 g/mol. The fraction of sp³-hybridized carbons (Fsp3) is 0.318. The molecule has 2 unspecified atom stereocenters. The first-order chi connectivity index (χ1) is 14.2.